The fourth-order valence-corrected chi connectivity index (χ4v) is 2.47. The number of rotatable bonds is 6. The second-order valence-corrected chi connectivity index (χ2v) is 5.08. The Hall–Kier alpha value is -1.55. The van der Waals surface area contributed by atoms with E-state index >= 15 is 0 Å². The molecule has 0 aliphatic carbocycles. The van der Waals surface area contributed by atoms with Crippen molar-refractivity contribution in [3.63, 3.8) is 0 Å². The maximum absolute atomic E-state index is 11.1. The monoisotopic (exact) mass is 262 g/mol. The van der Waals surface area contributed by atoms with E-state index < -0.39 is 5.91 Å². The van der Waals surface area contributed by atoms with Crippen molar-refractivity contribution in [3.05, 3.63) is 29.8 Å². The zero-order chi connectivity index (χ0) is 13.5. The SMILES string of the molecule is NC(=O)c1cccc(OCCCC2CCNCC2)c1. The number of piperidine rings is 1. The maximum atomic E-state index is 11.1. The van der Waals surface area contributed by atoms with Crippen LogP contribution >= 0.6 is 0 Å². The van der Waals surface area contributed by atoms with Crippen LogP contribution in [0.25, 0.3) is 0 Å². The summed E-state index contributed by atoms with van der Waals surface area (Å²) in [6.45, 7) is 2.99. The van der Waals surface area contributed by atoms with E-state index in [1.54, 1.807) is 18.2 Å². The lowest BCUT2D eigenvalue weighted by Crippen LogP contribution is -2.27. The van der Waals surface area contributed by atoms with Crippen molar-refractivity contribution in [3.8, 4) is 5.75 Å². The smallest absolute Gasteiger partial charge is 0.248 e. The average molecular weight is 262 g/mol. The predicted molar refractivity (Wildman–Crippen MR) is 75.3 cm³/mol. The molecule has 0 radical (unpaired) electrons. The van der Waals surface area contributed by atoms with E-state index in [1.165, 1.54) is 19.3 Å². The minimum atomic E-state index is -0.417. The first kappa shape index (κ1) is 13.9. The standard InChI is InChI=1S/C15H22N2O2/c16-15(18)13-4-1-5-14(11-13)19-10-2-3-12-6-8-17-9-7-12/h1,4-5,11-12,17H,2-3,6-10H2,(H2,16,18). The van der Waals surface area contributed by atoms with Crippen LogP contribution in [0.2, 0.25) is 0 Å². The molecule has 3 N–H and O–H groups in total. The first-order valence-corrected chi connectivity index (χ1v) is 6.99. The number of hydrogen-bond acceptors (Lipinski definition) is 3. The van der Waals surface area contributed by atoms with Gasteiger partial charge < -0.3 is 15.8 Å². The quantitative estimate of drug-likeness (QED) is 0.770. The predicted octanol–water partition coefficient (Wildman–Crippen LogP) is 1.94. The van der Waals surface area contributed by atoms with Gasteiger partial charge in [-0.05, 0) is 62.9 Å². The lowest BCUT2D eigenvalue weighted by Gasteiger charge is -2.22. The Labute approximate surface area is 114 Å². The van der Waals surface area contributed by atoms with Gasteiger partial charge in [-0.15, -0.1) is 0 Å². The van der Waals surface area contributed by atoms with Crippen molar-refractivity contribution < 1.29 is 9.53 Å². The normalized spacial score (nSPS) is 16.2. The number of carbonyl (C=O) groups is 1. The van der Waals surface area contributed by atoms with E-state index in [0.717, 1.165) is 31.2 Å². The summed E-state index contributed by atoms with van der Waals surface area (Å²) in [7, 11) is 0. The molecule has 104 valence electrons. The number of hydrogen-bond donors (Lipinski definition) is 2. The molecule has 4 heteroatoms. The Kier molecular flexibility index (Phi) is 5.21. The molecular weight excluding hydrogens is 240 g/mol. The molecule has 1 aromatic carbocycles. The zero-order valence-corrected chi connectivity index (χ0v) is 11.2. The van der Waals surface area contributed by atoms with E-state index in [-0.39, 0.29) is 0 Å². The summed E-state index contributed by atoms with van der Waals surface area (Å²) >= 11 is 0. The van der Waals surface area contributed by atoms with Crippen molar-refractivity contribution in [2.45, 2.75) is 25.7 Å². The largest absolute Gasteiger partial charge is 0.494 e. The summed E-state index contributed by atoms with van der Waals surface area (Å²) < 4.78 is 5.66. The number of primary amides is 1. The Bertz CT molecular complexity index is 414. The lowest BCUT2D eigenvalue weighted by atomic mass is 9.93. The highest BCUT2D eigenvalue weighted by atomic mass is 16.5. The molecule has 0 spiro atoms. The van der Waals surface area contributed by atoms with Crippen LogP contribution in [-0.2, 0) is 0 Å². The van der Waals surface area contributed by atoms with E-state index in [4.69, 9.17) is 10.5 Å². The highest BCUT2D eigenvalue weighted by molar-refractivity contribution is 5.93. The van der Waals surface area contributed by atoms with Crippen LogP contribution in [0.4, 0.5) is 0 Å². The Morgan fingerprint density at radius 3 is 2.89 bits per heavy atom. The fraction of sp³-hybridized carbons (Fsp3) is 0.533. The summed E-state index contributed by atoms with van der Waals surface area (Å²) in [5.74, 6) is 1.14. The molecule has 4 nitrogen and oxygen atoms in total. The zero-order valence-electron chi connectivity index (χ0n) is 11.2. The highest BCUT2D eigenvalue weighted by Crippen LogP contribution is 2.18. The van der Waals surface area contributed by atoms with Crippen molar-refractivity contribution in [2.24, 2.45) is 11.7 Å². The van der Waals surface area contributed by atoms with Gasteiger partial charge in [0.05, 0.1) is 6.61 Å². The van der Waals surface area contributed by atoms with Gasteiger partial charge in [0, 0.05) is 5.56 Å². The van der Waals surface area contributed by atoms with Gasteiger partial charge in [-0.3, -0.25) is 4.79 Å². The van der Waals surface area contributed by atoms with Crippen LogP contribution in [0.5, 0.6) is 5.75 Å². The molecule has 1 fully saturated rings. The first-order valence-electron chi connectivity index (χ1n) is 6.99. The Balaban J connectivity index is 1.70. The molecular formula is C15H22N2O2. The van der Waals surface area contributed by atoms with E-state index in [0.29, 0.717) is 12.2 Å². The van der Waals surface area contributed by atoms with Crippen LogP contribution in [0.3, 0.4) is 0 Å². The Morgan fingerprint density at radius 2 is 2.16 bits per heavy atom. The van der Waals surface area contributed by atoms with Crippen LogP contribution in [0.1, 0.15) is 36.0 Å². The number of ether oxygens (including phenoxy) is 1. The van der Waals surface area contributed by atoms with E-state index in [9.17, 15) is 4.79 Å². The second-order valence-electron chi connectivity index (χ2n) is 5.08. The second kappa shape index (κ2) is 7.14. The van der Waals surface area contributed by atoms with E-state index in [2.05, 4.69) is 5.32 Å². The van der Waals surface area contributed by atoms with Crippen LogP contribution in [0.15, 0.2) is 24.3 Å². The highest BCUT2D eigenvalue weighted by Gasteiger charge is 2.12. The minimum absolute atomic E-state index is 0.417. The number of amides is 1. The molecule has 1 amide bonds. The summed E-state index contributed by atoms with van der Waals surface area (Å²) in [4.78, 5) is 11.1. The van der Waals surface area contributed by atoms with Gasteiger partial charge in [0.2, 0.25) is 5.91 Å². The van der Waals surface area contributed by atoms with Crippen molar-refractivity contribution in [1.29, 1.82) is 0 Å². The van der Waals surface area contributed by atoms with E-state index in [1.807, 2.05) is 6.07 Å². The molecule has 0 bridgehead atoms. The maximum Gasteiger partial charge on any atom is 0.248 e. The number of carbonyl (C=O) groups excluding carboxylic acids is 1. The molecule has 0 aromatic heterocycles. The topological polar surface area (TPSA) is 64.4 Å². The van der Waals surface area contributed by atoms with Crippen LogP contribution in [0, 0.1) is 5.92 Å². The van der Waals surface area contributed by atoms with Gasteiger partial charge in [0.1, 0.15) is 5.75 Å². The van der Waals surface area contributed by atoms with Gasteiger partial charge in [0.15, 0.2) is 0 Å². The molecule has 19 heavy (non-hydrogen) atoms. The summed E-state index contributed by atoms with van der Waals surface area (Å²) in [6.07, 6.45) is 4.83. The molecule has 1 saturated heterocycles. The molecule has 0 unspecified atom stereocenters. The van der Waals surface area contributed by atoms with Crippen molar-refractivity contribution in [2.75, 3.05) is 19.7 Å². The number of nitrogens with one attached hydrogen (secondary N) is 1. The summed E-state index contributed by atoms with van der Waals surface area (Å²) in [6, 6.07) is 7.05. The van der Waals surface area contributed by atoms with Gasteiger partial charge >= 0.3 is 0 Å². The van der Waals surface area contributed by atoms with Crippen molar-refractivity contribution >= 4 is 5.91 Å². The molecule has 1 aliphatic rings. The summed E-state index contributed by atoms with van der Waals surface area (Å²) in [5, 5.41) is 3.37. The summed E-state index contributed by atoms with van der Waals surface area (Å²) in [5.41, 5.74) is 5.73. The lowest BCUT2D eigenvalue weighted by molar-refractivity contribution is 0.1000. The molecule has 0 saturated carbocycles. The molecule has 2 rings (SSSR count). The minimum Gasteiger partial charge on any atom is -0.494 e. The van der Waals surface area contributed by atoms with Gasteiger partial charge in [-0.2, -0.15) is 0 Å². The average Bonchev–Trinajstić information content (AvgIpc) is 2.45. The molecule has 1 heterocycles. The molecule has 1 aromatic rings. The third-order valence-corrected chi connectivity index (χ3v) is 3.60. The third kappa shape index (κ3) is 4.56. The fourth-order valence-electron chi connectivity index (χ4n) is 2.47. The molecule has 0 atom stereocenters. The number of nitrogens with two attached hydrogens (primary N) is 1. The first-order chi connectivity index (χ1) is 9.25. The van der Waals surface area contributed by atoms with Crippen molar-refractivity contribution in [1.82, 2.24) is 5.32 Å². The van der Waals surface area contributed by atoms with Gasteiger partial charge in [-0.1, -0.05) is 6.07 Å². The van der Waals surface area contributed by atoms with Crippen LogP contribution < -0.4 is 15.8 Å². The van der Waals surface area contributed by atoms with Crippen LogP contribution in [-0.4, -0.2) is 25.6 Å². The number of benzene rings is 1. The molecule has 1 aliphatic heterocycles. The van der Waals surface area contributed by atoms with Gasteiger partial charge in [-0.25, -0.2) is 0 Å². The Morgan fingerprint density at radius 1 is 1.37 bits per heavy atom. The third-order valence-electron chi connectivity index (χ3n) is 3.60. The van der Waals surface area contributed by atoms with Gasteiger partial charge in [0.25, 0.3) is 0 Å².